The summed E-state index contributed by atoms with van der Waals surface area (Å²) in [5.74, 6) is -1.81. The Hall–Kier alpha value is -1.15. The standard InChI is InChI=1S/C13H13BrF4N2O/c1-7-4-8(14)9(15)5-10(7)20-11(21)12(13(16,17)18)2-3-19-6-12/h4-5,19H,2-3,6H2,1H3,(H,20,21). The van der Waals surface area contributed by atoms with Crippen LogP contribution in [-0.2, 0) is 4.79 Å². The van der Waals surface area contributed by atoms with Gasteiger partial charge in [0.25, 0.3) is 0 Å². The van der Waals surface area contributed by atoms with Gasteiger partial charge in [0, 0.05) is 12.2 Å². The Morgan fingerprint density at radius 3 is 2.62 bits per heavy atom. The maximum Gasteiger partial charge on any atom is 0.404 e. The van der Waals surface area contributed by atoms with Crippen molar-refractivity contribution in [2.75, 3.05) is 18.4 Å². The molecule has 8 heteroatoms. The Labute approximate surface area is 127 Å². The first-order chi connectivity index (χ1) is 9.67. The van der Waals surface area contributed by atoms with Crippen molar-refractivity contribution in [2.24, 2.45) is 5.41 Å². The van der Waals surface area contributed by atoms with E-state index >= 15 is 0 Å². The van der Waals surface area contributed by atoms with Crippen LogP contribution in [0.25, 0.3) is 0 Å². The minimum Gasteiger partial charge on any atom is -0.325 e. The van der Waals surface area contributed by atoms with Gasteiger partial charge in [-0.05, 0) is 53.5 Å². The zero-order chi connectivity index (χ0) is 15.8. The highest BCUT2D eigenvalue weighted by atomic mass is 79.9. The van der Waals surface area contributed by atoms with Crippen molar-refractivity contribution in [3.05, 3.63) is 28.0 Å². The van der Waals surface area contributed by atoms with Crippen LogP contribution in [0, 0.1) is 18.2 Å². The molecule has 116 valence electrons. The minimum absolute atomic E-state index is 0.0382. The van der Waals surface area contributed by atoms with Gasteiger partial charge in [-0.15, -0.1) is 0 Å². The number of aryl methyl sites for hydroxylation is 1. The molecule has 1 heterocycles. The molecular weight excluding hydrogens is 356 g/mol. The molecular formula is C13H13BrF4N2O. The molecule has 1 aliphatic rings. The van der Waals surface area contributed by atoms with E-state index < -0.39 is 29.9 Å². The Morgan fingerprint density at radius 2 is 2.10 bits per heavy atom. The van der Waals surface area contributed by atoms with Gasteiger partial charge < -0.3 is 10.6 Å². The molecule has 1 aromatic carbocycles. The molecule has 1 amide bonds. The summed E-state index contributed by atoms with van der Waals surface area (Å²) in [4.78, 5) is 12.1. The van der Waals surface area contributed by atoms with E-state index in [1.54, 1.807) is 6.92 Å². The van der Waals surface area contributed by atoms with E-state index in [0.29, 0.717) is 5.56 Å². The molecule has 0 bridgehead atoms. The molecule has 1 saturated heterocycles. The van der Waals surface area contributed by atoms with Crippen LogP contribution in [0.3, 0.4) is 0 Å². The van der Waals surface area contributed by atoms with Crippen LogP contribution >= 0.6 is 15.9 Å². The van der Waals surface area contributed by atoms with E-state index in [-0.39, 0.29) is 23.1 Å². The molecule has 0 aromatic heterocycles. The Morgan fingerprint density at radius 1 is 1.43 bits per heavy atom. The monoisotopic (exact) mass is 368 g/mol. The number of hydrogen-bond donors (Lipinski definition) is 2. The average Bonchev–Trinajstić information content (AvgIpc) is 2.85. The molecule has 0 saturated carbocycles. The van der Waals surface area contributed by atoms with Crippen molar-refractivity contribution >= 4 is 27.5 Å². The van der Waals surface area contributed by atoms with Crippen molar-refractivity contribution in [1.82, 2.24) is 5.32 Å². The normalized spacial score (nSPS) is 22.4. The predicted molar refractivity (Wildman–Crippen MR) is 73.4 cm³/mol. The van der Waals surface area contributed by atoms with Crippen LogP contribution in [0.1, 0.15) is 12.0 Å². The number of amides is 1. The second-order valence-electron chi connectivity index (χ2n) is 5.04. The molecule has 21 heavy (non-hydrogen) atoms. The van der Waals surface area contributed by atoms with Crippen molar-refractivity contribution in [3.63, 3.8) is 0 Å². The first-order valence-corrected chi connectivity index (χ1v) is 7.01. The summed E-state index contributed by atoms with van der Waals surface area (Å²) in [6.45, 7) is 1.22. The number of benzene rings is 1. The SMILES string of the molecule is Cc1cc(Br)c(F)cc1NC(=O)C1(C(F)(F)F)CCNC1. The van der Waals surface area contributed by atoms with Gasteiger partial charge >= 0.3 is 6.18 Å². The lowest BCUT2D eigenvalue weighted by atomic mass is 9.85. The van der Waals surface area contributed by atoms with Gasteiger partial charge in [0.05, 0.1) is 4.47 Å². The van der Waals surface area contributed by atoms with E-state index in [0.717, 1.165) is 6.07 Å². The third kappa shape index (κ3) is 2.91. The number of carbonyl (C=O) groups is 1. The molecule has 3 nitrogen and oxygen atoms in total. The van der Waals surface area contributed by atoms with Gasteiger partial charge in [0.2, 0.25) is 5.91 Å². The number of nitrogens with one attached hydrogen (secondary N) is 2. The second kappa shape index (κ2) is 5.57. The number of rotatable bonds is 2. The Kier molecular flexibility index (Phi) is 4.30. The summed E-state index contributed by atoms with van der Waals surface area (Å²) in [7, 11) is 0. The molecule has 0 aliphatic carbocycles. The lowest BCUT2D eigenvalue weighted by molar-refractivity contribution is -0.213. The van der Waals surface area contributed by atoms with Gasteiger partial charge in [-0.1, -0.05) is 0 Å². The molecule has 1 aromatic rings. The van der Waals surface area contributed by atoms with Gasteiger partial charge in [-0.2, -0.15) is 13.2 Å². The van der Waals surface area contributed by atoms with E-state index in [1.807, 2.05) is 0 Å². The van der Waals surface area contributed by atoms with E-state index in [2.05, 4.69) is 26.6 Å². The number of alkyl halides is 3. The summed E-state index contributed by atoms with van der Waals surface area (Å²) >= 11 is 2.98. The molecule has 2 rings (SSSR count). The summed E-state index contributed by atoms with van der Waals surface area (Å²) in [5, 5.41) is 4.77. The van der Waals surface area contributed by atoms with Crippen LogP contribution in [0.5, 0.6) is 0 Å². The lowest BCUT2D eigenvalue weighted by Gasteiger charge is -2.29. The first-order valence-electron chi connectivity index (χ1n) is 6.22. The molecule has 2 N–H and O–H groups in total. The maximum atomic E-state index is 13.5. The van der Waals surface area contributed by atoms with Crippen molar-refractivity contribution < 1.29 is 22.4 Å². The molecule has 1 unspecified atom stereocenters. The Balaban J connectivity index is 2.31. The number of anilines is 1. The van der Waals surface area contributed by atoms with E-state index in [1.165, 1.54) is 6.07 Å². The first kappa shape index (κ1) is 16.2. The smallest absolute Gasteiger partial charge is 0.325 e. The summed E-state index contributed by atoms with van der Waals surface area (Å²) in [6.07, 6.45) is -5.00. The zero-order valence-electron chi connectivity index (χ0n) is 11.1. The fourth-order valence-corrected chi connectivity index (χ4v) is 2.74. The third-order valence-electron chi connectivity index (χ3n) is 3.65. The lowest BCUT2D eigenvalue weighted by Crippen LogP contribution is -2.49. The van der Waals surface area contributed by atoms with E-state index in [9.17, 15) is 22.4 Å². The zero-order valence-corrected chi connectivity index (χ0v) is 12.7. The highest BCUT2D eigenvalue weighted by Gasteiger charge is 2.61. The summed E-state index contributed by atoms with van der Waals surface area (Å²) in [5.41, 5.74) is -1.96. The van der Waals surface area contributed by atoms with Crippen molar-refractivity contribution in [2.45, 2.75) is 19.5 Å². The highest BCUT2D eigenvalue weighted by Crippen LogP contribution is 2.44. The molecule has 0 spiro atoms. The fraction of sp³-hybridized carbons (Fsp3) is 0.462. The van der Waals surface area contributed by atoms with Crippen LogP contribution in [0.2, 0.25) is 0 Å². The minimum atomic E-state index is -4.66. The number of carbonyl (C=O) groups excluding carboxylic acids is 1. The van der Waals surface area contributed by atoms with Gasteiger partial charge in [-0.25, -0.2) is 4.39 Å². The van der Waals surface area contributed by atoms with Gasteiger partial charge in [0.15, 0.2) is 5.41 Å². The van der Waals surface area contributed by atoms with Gasteiger partial charge in [0.1, 0.15) is 5.82 Å². The predicted octanol–water partition coefficient (Wildman–Crippen LogP) is 3.38. The quantitative estimate of drug-likeness (QED) is 0.785. The van der Waals surface area contributed by atoms with Crippen LogP contribution < -0.4 is 10.6 Å². The number of halogens is 5. The summed E-state index contributed by atoms with van der Waals surface area (Å²) in [6, 6.07) is 2.40. The maximum absolute atomic E-state index is 13.5. The van der Waals surface area contributed by atoms with Crippen LogP contribution in [0.4, 0.5) is 23.2 Å². The van der Waals surface area contributed by atoms with Crippen molar-refractivity contribution in [3.8, 4) is 0 Å². The third-order valence-corrected chi connectivity index (χ3v) is 4.26. The fourth-order valence-electron chi connectivity index (χ4n) is 2.28. The van der Waals surface area contributed by atoms with Crippen molar-refractivity contribution in [1.29, 1.82) is 0 Å². The number of hydrogen-bond acceptors (Lipinski definition) is 2. The molecule has 1 fully saturated rings. The summed E-state index contributed by atoms with van der Waals surface area (Å²) < 4.78 is 53.4. The van der Waals surface area contributed by atoms with Gasteiger partial charge in [-0.3, -0.25) is 4.79 Å². The molecule has 1 aliphatic heterocycles. The topological polar surface area (TPSA) is 41.1 Å². The van der Waals surface area contributed by atoms with E-state index in [4.69, 9.17) is 0 Å². The Bertz CT molecular complexity index is 568. The molecule has 1 atom stereocenters. The average molecular weight is 369 g/mol. The molecule has 0 radical (unpaired) electrons. The largest absolute Gasteiger partial charge is 0.404 e. The van der Waals surface area contributed by atoms with Crippen LogP contribution in [-0.4, -0.2) is 25.2 Å². The van der Waals surface area contributed by atoms with Crippen LogP contribution in [0.15, 0.2) is 16.6 Å². The second-order valence-corrected chi connectivity index (χ2v) is 5.90. The highest BCUT2D eigenvalue weighted by molar-refractivity contribution is 9.10.